The Morgan fingerprint density at radius 2 is 1.06 bits per heavy atom. The Balaban J connectivity index is 2.37. The van der Waals surface area contributed by atoms with Crippen molar-refractivity contribution in [1.29, 1.82) is 0 Å². The predicted molar refractivity (Wildman–Crippen MR) is 55.2 cm³/mol. The third-order valence-corrected chi connectivity index (χ3v) is 2.23. The largest absolute Gasteiger partial charge is 0.207 e. The van der Waals surface area contributed by atoms with Gasteiger partial charge in [-0.15, -0.1) is 0 Å². The van der Waals surface area contributed by atoms with Crippen LogP contribution in [0.2, 0.25) is 0 Å². The lowest BCUT2D eigenvalue weighted by molar-refractivity contribution is 0.586. The van der Waals surface area contributed by atoms with Crippen molar-refractivity contribution in [3.63, 3.8) is 0 Å². The van der Waals surface area contributed by atoms with Gasteiger partial charge in [-0.3, -0.25) is 0 Å². The zero-order chi connectivity index (χ0) is 12.4. The van der Waals surface area contributed by atoms with E-state index in [0.717, 1.165) is 42.8 Å². The summed E-state index contributed by atoms with van der Waals surface area (Å²) in [5.74, 6) is -2.69. The maximum Gasteiger partial charge on any atom is 0.127 e. The Hall–Kier alpha value is -1.84. The Labute approximate surface area is 95.5 Å². The van der Waals surface area contributed by atoms with Crippen molar-refractivity contribution in [2.75, 3.05) is 0 Å². The minimum absolute atomic E-state index is 0.130. The number of benzene rings is 2. The molecule has 0 nitrogen and oxygen atoms in total. The van der Waals surface area contributed by atoms with Crippen molar-refractivity contribution >= 4 is 0 Å². The smallest absolute Gasteiger partial charge is 0.127 e. The minimum Gasteiger partial charge on any atom is -0.207 e. The summed E-state index contributed by atoms with van der Waals surface area (Å²) in [6.07, 6.45) is 1.05. The highest BCUT2D eigenvalue weighted by molar-refractivity contribution is 5.38. The molecule has 4 heteroatoms. The molecule has 87 valence electrons. The van der Waals surface area contributed by atoms with E-state index in [4.69, 9.17) is 0 Å². The Kier molecular flexibility index (Phi) is 3.13. The summed E-state index contributed by atoms with van der Waals surface area (Å²) in [5.41, 5.74) is -0.260. The standard InChI is InChI=1S/C13H7F4/c14-10-1-3-12(16)8(6-10)5-9-7-11(15)2-4-13(9)17/h1-7H. The Morgan fingerprint density at radius 1 is 0.647 bits per heavy atom. The van der Waals surface area contributed by atoms with Crippen LogP contribution in [0.25, 0.3) is 0 Å². The quantitative estimate of drug-likeness (QED) is 0.698. The number of hydrogen-bond acceptors (Lipinski definition) is 0. The van der Waals surface area contributed by atoms with Crippen LogP contribution in [0.5, 0.6) is 0 Å². The van der Waals surface area contributed by atoms with Gasteiger partial charge in [-0.25, -0.2) is 17.6 Å². The molecular formula is C13H7F4. The molecular weight excluding hydrogens is 232 g/mol. The van der Waals surface area contributed by atoms with Gasteiger partial charge in [0.1, 0.15) is 23.3 Å². The summed E-state index contributed by atoms with van der Waals surface area (Å²) in [4.78, 5) is 0. The molecule has 2 rings (SSSR count). The van der Waals surface area contributed by atoms with Crippen LogP contribution >= 0.6 is 0 Å². The first kappa shape index (κ1) is 11.6. The summed E-state index contributed by atoms with van der Waals surface area (Å²) >= 11 is 0. The Morgan fingerprint density at radius 3 is 1.47 bits per heavy atom. The zero-order valence-corrected chi connectivity index (χ0v) is 8.55. The molecule has 0 amide bonds. The van der Waals surface area contributed by atoms with Crippen molar-refractivity contribution < 1.29 is 17.6 Å². The SMILES string of the molecule is Fc1ccc(F)c([CH]c2cc(F)ccc2F)c1. The second-order valence-electron chi connectivity index (χ2n) is 3.48. The Bertz CT molecular complexity index is 500. The first-order valence-corrected chi connectivity index (χ1v) is 4.81. The average molecular weight is 239 g/mol. The molecule has 0 fully saturated rings. The van der Waals surface area contributed by atoms with E-state index in [1.807, 2.05) is 0 Å². The van der Waals surface area contributed by atoms with Gasteiger partial charge in [-0.05, 0) is 47.5 Å². The molecule has 0 unspecified atom stereocenters. The zero-order valence-electron chi connectivity index (χ0n) is 8.55. The second-order valence-corrected chi connectivity index (χ2v) is 3.48. The fourth-order valence-electron chi connectivity index (χ4n) is 1.42. The molecule has 0 N–H and O–H groups in total. The van der Waals surface area contributed by atoms with Gasteiger partial charge in [0.05, 0.1) is 0 Å². The van der Waals surface area contributed by atoms with Crippen LogP contribution in [0.3, 0.4) is 0 Å². The van der Waals surface area contributed by atoms with Crippen molar-refractivity contribution in [2.24, 2.45) is 0 Å². The molecule has 0 atom stereocenters. The normalized spacial score (nSPS) is 10.6. The second kappa shape index (κ2) is 4.57. The number of hydrogen-bond donors (Lipinski definition) is 0. The highest BCUT2D eigenvalue weighted by Crippen LogP contribution is 2.19. The molecule has 0 heterocycles. The fourth-order valence-corrected chi connectivity index (χ4v) is 1.42. The third-order valence-electron chi connectivity index (χ3n) is 2.23. The van der Waals surface area contributed by atoms with E-state index in [1.54, 1.807) is 0 Å². The lowest BCUT2D eigenvalue weighted by Crippen LogP contribution is -1.95. The molecule has 0 bridgehead atoms. The van der Waals surface area contributed by atoms with Crippen LogP contribution in [0.4, 0.5) is 17.6 Å². The predicted octanol–water partition coefficient (Wildman–Crippen LogP) is 3.84. The van der Waals surface area contributed by atoms with Crippen molar-refractivity contribution in [3.8, 4) is 0 Å². The van der Waals surface area contributed by atoms with Crippen molar-refractivity contribution in [1.82, 2.24) is 0 Å². The molecule has 17 heavy (non-hydrogen) atoms. The summed E-state index contributed by atoms with van der Waals surface area (Å²) in [6.45, 7) is 0. The molecule has 0 spiro atoms. The molecule has 0 aromatic heterocycles. The van der Waals surface area contributed by atoms with E-state index in [1.165, 1.54) is 0 Å². The molecule has 0 saturated heterocycles. The van der Waals surface area contributed by atoms with Gasteiger partial charge in [0.2, 0.25) is 0 Å². The van der Waals surface area contributed by atoms with E-state index in [9.17, 15) is 17.6 Å². The highest BCUT2D eigenvalue weighted by atomic mass is 19.1. The number of halogens is 4. The van der Waals surface area contributed by atoms with Gasteiger partial charge >= 0.3 is 0 Å². The highest BCUT2D eigenvalue weighted by Gasteiger charge is 2.09. The first-order valence-electron chi connectivity index (χ1n) is 4.81. The third kappa shape index (κ3) is 2.64. The van der Waals surface area contributed by atoms with Gasteiger partial charge in [-0.2, -0.15) is 0 Å². The monoisotopic (exact) mass is 239 g/mol. The molecule has 0 saturated carbocycles. The summed E-state index contributed by atoms with van der Waals surface area (Å²) in [6, 6.07) is 5.60. The number of rotatable bonds is 2. The molecule has 0 aliphatic rings. The van der Waals surface area contributed by atoms with Crippen LogP contribution in [0, 0.1) is 29.7 Å². The van der Waals surface area contributed by atoms with E-state index in [-0.39, 0.29) is 11.1 Å². The van der Waals surface area contributed by atoms with Gasteiger partial charge in [0.15, 0.2) is 0 Å². The van der Waals surface area contributed by atoms with Crippen LogP contribution in [-0.2, 0) is 0 Å². The van der Waals surface area contributed by atoms with Gasteiger partial charge in [0.25, 0.3) is 0 Å². The van der Waals surface area contributed by atoms with Gasteiger partial charge < -0.3 is 0 Å². The van der Waals surface area contributed by atoms with Crippen LogP contribution in [-0.4, -0.2) is 0 Å². The average Bonchev–Trinajstić information content (AvgIpc) is 2.28. The lowest BCUT2D eigenvalue weighted by Gasteiger charge is -2.05. The van der Waals surface area contributed by atoms with Crippen molar-refractivity contribution in [3.05, 3.63) is 77.2 Å². The van der Waals surface area contributed by atoms with Crippen LogP contribution in [0.1, 0.15) is 11.1 Å². The van der Waals surface area contributed by atoms with E-state index in [0.29, 0.717) is 0 Å². The summed E-state index contributed by atoms with van der Waals surface area (Å²) < 4.78 is 52.3. The maximum atomic E-state index is 13.3. The molecule has 1 radical (unpaired) electrons. The maximum absolute atomic E-state index is 13.3. The first-order chi connectivity index (χ1) is 8.06. The summed E-state index contributed by atoms with van der Waals surface area (Å²) in [5, 5.41) is 0. The molecule has 2 aromatic carbocycles. The molecule has 0 aliphatic heterocycles. The van der Waals surface area contributed by atoms with Crippen LogP contribution in [0.15, 0.2) is 36.4 Å². The van der Waals surface area contributed by atoms with Gasteiger partial charge in [-0.1, -0.05) is 0 Å². The molecule has 2 aromatic rings. The summed E-state index contributed by atoms with van der Waals surface area (Å²) in [7, 11) is 0. The molecule has 0 aliphatic carbocycles. The van der Waals surface area contributed by atoms with E-state index < -0.39 is 23.3 Å². The topological polar surface area (TPSA) is 0 Å². The lowest BCUT2D eigenvalue weighted by atomic mass is 10.0. The minimum atomic E-state index is -0.699. The fraction of sp³-hybridized carbons (Fsp3) is 0. The van der Waals surface area contributed by atoms with Gasteiger partial charge in [0, 0.05) is 6.42 Å². The van der Waals surface area contributed by atoms with Crippen LogP contribution < -0.4 is 0 Å². The van der Waals surface area contributed by atoms with E-state index in [2.05, 4.69) is 0 Å². The van der Waals surface area contributed by atoms with E-state index >= 15 is 0 Å². The van der Waals surface area contributed by atoms with Crippen molar-refractivity contribution in [2.45, 2.75) is 0 Å².